The molecule has 6 nitrogen and oxygen atoms in total. The summed E-state index contributed by atoms with van der Waals surface area (Å²) in [6.07, 6.45) is 0. The molecule has 2 rings (SSSR count). The normalized spacial score (nSPS) is 18.5. The van der Waals surface area contributed by atoms with Gasteiger partial charge in [-0.3, -0.25) is 4.99 Å². The maximum absolute atomic E-state index is 5.77. The summed E-state index contributed by atoms with van der Waals surface area (Å²) >= 11 is 0. The highest BCUT2D eigenvalue weighted by molar-refractivity contribution is 5.80. The summed E-state index contributed by atoms with van der Waals surface area (Å²) in [6.45, 7) is 16.2. The zero-order valence-corrected chi connectivity index (χ0v) is 19.2. The summed E-state index contributed by atoms with van der Waals surface area (Å²) in [5.74, 6) is 2.88. The molecular weight excluding hydrogens is 362 g/mol. The van der Waals surface area contributed by atoms with Gasteiger partial charge in [-0.05, 0) is 43.5 Å². The quantitative estimate of drug-likeness (QED) is 0.491. The number of nitrogens with zero attached hydrogens (tertiary/aromatic N) is 3. The summed E-state index contributed by atoms with van der Waals surface area (Å²) in [5.41, 5.74) is 1.22. The van der Waals surface area contributed by atoms with Gasteiger partial charge in [0.25, 0.3) is 0 Å². The van der Waals surface area contributed by atoms with Gasteiger partial charge in [-0.15, -0.1) is 0 Å². The first-order chi connectivity index (χ1) is 13.9. The number of benzene rings is 1. The maximum Gasteiger partial charge on any atom is 0.191 e. The molecule has 1 aromatic rings. The number of hydrogen-bond acceptors (Lipinski definition) is 4. The van der Waals surface area contributed by atoms with Crippen molar-refractivity contribution in [2.75, 3.05) is 60.0 Å². The molecule has 6 heteroatoms. The maximum atomic E-state index is 5.77. The van der Waals surface area contributed by atoms with Crippen LogP contribution in [-0.2, 0) is 0 Å². The van der Waals surface area contributed by atoms with Gasteiger partial charge >= 0.3 is 0 Å². The Hall–Kier alpha value is -1.79. The Labute approximate surface area is 177 Å². The number of nitrogens with one attached hydrogen (secondary N) is 2. The lowest BCUT2D eigenvalue weighted by molar-refractivity contribution is 0.139. The lowest BCUT2D eigenvalue weighted by atomic mass is 10.1. The van der Waals surface area contributed by atoms with Crippen LogP contribution < -0.4 is 15.4 Å². The molecule has 1 aromatic carbocycles. The van der Waals surface area contributed by atoms with E-state index in [1.807, 2.05) is 19.2 Å². The van der Waals surface area contributed by atoms with Gasteiger partial charge in [0.2, 0.25) is 0 Å². The van der Waals surface area contributed by atoms with Crippen molar-refractivity contribution in [1.29, 1.82) is 0 Å². The smallest absolute Gasteiger partial charge is 0.191 e. The van der Waals surface area contributed by atoms with Gasteiger partial charge in [-0.2, -0.15) is 0 Å². The minimum absolute atomic E-state index is 0.174. The molecule has 2 unspecified atom stereocenters. The number of piperazine rings is 1. The Morgan fingerprint density at radius 3 is 2.31 bits per heavy atom. The van der Waals surface area contributed by atoms with Crippen LogP contribution in [0, 0.1) is 11.8 Å². The molecule has 1 aliphatic rings. The average molecular weight is 404 g/mol. The largest absolute Gasteiger partial charge is 0.493 e. The van der Waals surface area contributed by atoms with Crippen LogP contribution in [-0.4, -0.2) is 75.7 Å². The Kier molecular flexibility index (Phi) is 9.74. The highest BCUT2D eigenvalue weighted by Crippen LogP contribution is 2.18. The van der Waals surface area contributed by atoms with E-state index in [9.17, 15) is 0 Å². The van der Waals surface area contributed by atoms with E-state index in [2.05, 4.69) is 72.3 Å². The van der Waals surface area contributed by atoms with Crippen molar-refractivity contribution in [3.63, 3.8) is 0 Å². The summed E-state index contributed by atoms with van der Waals surface area (Å²) in [7, 11) is 4.03. The molecule has 0 amide bonds. The first-order valence-electron chi connectivity index (χ1n) is 11.0. The van der Waals surface area contributed by atoms with Crippen LogP contribution in [0.4, 0.5) is 0 Å². The average Bonchev–Trinajstić information content (AvgIpc) is 2.71. The molecule has 0 spiro atoms. The second kappa shape index (κ2) is 12.0. The van der Waals surface area contributed by atoms with E-state index >= 15 is 0 Å². The van der Waals surface area contributed by atoms with Gasteiger partial charge in [0.15, 0.2) is 5.96 Å². The van der Waals surface area contributed by atoms with Crippen LogP contribution in [0.5, 0.6) is 5.75 Å². The van der Waals surface area contributed by atoms with E-state index < -0.39 is 0 Å². The Morgan fingerprint density at radius 1 is 1.07 bits per heavy atom. The van der Waals surface area contributed by atoms with Crippen molar-refractivity contribution < 1.29 is 4.74 Å². The third kappa shape index (κ3) is 8.62. The van der Waals surface area contributed by atoms with Crippen molar-refractivity contribution in [2.24, 2.45) is 16.8 Å². The van der Waals surface area contributed by atoms with Gasteiger partial charge in [0.05, 0.1) is 12.6 Å². The zero-order chi connectivity index (χ0) is 21.2. The van der Waals surface area contributed by atoms with Crippen molar-refractivity contribution in [3.8, 4) is 5.75 Å². The predicted octanol–water partition coefficient (Wildman–Crippen LogP) is 2.83. The van der Waals surface area contributed by atoms with Gasteiger partial charge in [-0.25, -0.2) is 0 Å². The number of ether oxygens (including phenoxy) is 1. The molecule has 0 bridgehead atoms. The standard InChI is InChI=1S/C23H41N5O/c1-18(2)17-29-22-9-7-21(8-10-22)20(4)26-23(24-5)25-15-19(3)16-28-13-11-27(6)12-14-28/h7-10,18-20H,11-17H2,1-6H3,(H2,24,25,26). The topological polar surface area (TPSA) is 52.1 Å². The molecule has 0 aromatic heterocycles. The van der Waals surface area contributed by atoms with Crippen LogP contribution in [0.2, 0.25) is 0 Å². The summed E-state index contributed by atoms with van der Waals surface area (Å²) in [5, 5.41) is 6.98. The van der Waals surface area contributed by atoms with Crippen molar-refractivity contribution in [2.45, 2.75) is 33.7 Å². The molecule has 0 aliphatic carbocycles. The molecule has 2 N–H and O–H groups in total. The number of guanidine groups is 1. The molecule has 1 aliphatic heterocycles. The fourth-order valence-corrected chi connectivity index (χ4v) is 3.41. The molecule has 164 valence electrons. The lowest BCUT2D eigenvalue weighted by Gasteiger charge is -2.34. The van der Waals surface area contributed by atoms with Crippen molar-refractivity contribution in [1.82, 2.24) is 20.4 Å². The fourth-order valence-electron chi connectivity index (χ4n) is 3.41. The Bertz CT molecular complexity index is 608. The van der Waals surface area contributed by atoms with Crippen molar-refractivity contribution in [3.05, 3.63) is 29.8 Å². The zero-order valence-electron chi connectivity index (χ0n) is 19.2. The van der Waals surface area contributed by atoms with Crippen LogP contribution in [0.3, 0.4) is 0 Å². The summed E-state index contributed by atoms with van der Waals surface area (Å²) in [6, 6.07) is 8.51. The highest BCUT2D eigenvalue weighted by atomic mass is 16.5. The fraction of sp³-hybridized carbons (Fsp3) is 0.696. The Morgan fingerprint density at radius 2 is 1.72 bits per heavy atom. The van der Waals surface area contributed by atoms with E-state index in [4.69, 9.17) is 4.74 Å². The highest BCUT2D eigenvalue weighted by Gasteiger charge is 2.16. The van der Waals surface area contributed by atoms with E-state index in [1.165, 1.54) is 31.7 Å². The molecule has 0 saturated carbocycles. The molecule has 29 heavy (non-hydrogen) atoms. The van der Waals surface area contributed by atoms with E-state index in [0.717, 1.165) is 31.4 Å². The predicted molar refractivity (Wildman–Crippen MR) is 123 cm³/mol. The third-order valence-corrected chi connectivity index (χ3v) is 5.32. The lowest BCUT2D eigenvalue weighted by Crippen LogP contribution is -2.47. The number of hydrogen-bond donors (Lipinski definition) is 2. The first kappa shape index (κ1) is 23.5. The molecule has 1 heterocycles. The first-order valence-corrected chi connectivity index (χ1v) is 11.0. The minimum Gasteiger partial charge on any atom is -0.493 e. The SMILES string of the molecule is CN=C(NCC(C)CN1CCN(C)CC1)NC(C)c1ccc(OCC(C)C)cc1. The van der Waals surface area contributed by atoms with E-state index in [-0.39, 0.29) is 6.04 Å². The summed E-state index contributed by atoms with van der Waals surface area (Å²) < 4.78 is 5.77. The second-order valence-corrected chi connectivity index (χ2v) is 8.80. The molecular formula is C23H41N5O. The van der Waals surface area contributed by atoms with E-state index in [1.54, 1.807) is 0 Å². The second-order valence-electron chi connectivity index (χ2n) is 8.80. The number of aliphatic imine (C=N–C) groups is 1. The summed E-state index contributed by atoms with van der Waals surface area (Å²) in [4.78, 5) is 9.36. The minimum atomic E-state index is 0.174. The Balaban J connectivity index is 1.75. The van der Waals surface area contributed by atoms with Gasteiger partial charge < -0.3 is 25.2 Å². The molecule has 2 atom stereocenters. The van der Waals surface area contributed by atoms with Crippen LogP contribution in [0.1, 0.15) is 39.3 Å². The van der Waals surface area contributed by atoms with Crippen LogP contribution >= 0.6 is 0 Å². The van der Waals surface area contributed by atoms with Crippen LogP contribution in [0.15, 0.2) is 29.3 Å². The van der Waals surface area contributed by atoms with Gasteiger partial charge in [-0.1, -0.05) is 32.9 Å². The molecule has 1 saturated heterocycles. The monoisotopic (exact) mass is 403 g/mol. The van der Waals surface area contributed by atoms with Crippen molar-refractivity contribution >= 4 is 5.96 Å². The molecule has 0 radical (unpaired) electrons. The van der Waals surface area contributed by atoms with Gasteiger partial charge in [0.1, 0.15) is 5.75 Å². The molecule has 1 fully saturated rings. The number of likely N-dealkylation sites (N-methyl/N-ethyl adjacent to an activating group) is 1. The third-order valence-electron chi connectivity index (χ3n) is 5.32. The van der Waals surface area contributed by atoms with Gasteiger partial charge in [0, 0.05) is 46.3 Å². The van der Waals surface area contributed by atoms with E-state index in [0.29, 0.717) is 11.8 Å². The number of rotatable bonds is 9. The van der Waals surface area contributed by atoms with Crippen LogP contribution in [0.25, 0.3) is 0 Å².